The molecule has 2 unspecified atom stereocenters. The van der Waals surface area contributed by atoms with E-state index >= 15 is 0 Å². The summed E-state index contributed by atoms with van der Waals surface area (Å²) in [6.45, 7) is 15.7. The number of halogens is 2. The number of piperazine rings is 1. The number of aliphatic hydroxyl groups excluding tert-OH is 1. The molecular formula is C27H45F2N5O3. The molecule has 10 heteroatoms. The Morgan fingerprint density at radius 3 is 2.70 bits per heavy atom. The lowest BCUT2D eigenvalue weighted by atomic mass is 9.88. The molecule has 0 saturated carbocycles. The second-order valence-corrected chi connectivity index (χ2v) is 11.2. The summed E-state index contributed by atoms with van der Waals surface area (Å²) in [5, 5.41) is 10.6. The van der Waals surface area contributed by atoms with Gasteiger partial charge in [0.05, 0.1) is 25.4 Å². The molecule has 3 aliphatic rings. The maximum Gasteiger partial charge on any atom is 0.289 e. The molecule has 0 radical (unpaired) electrons. The van der Waals surface area contributed by atoms with E-state index in [0.29, 0.717) is 24.7 Å². The Morgan fingerprint density at radius 1 is 1.30 bits per heavy atom. The van der Waals surface area contributed by atoms with Crippen LogP contribution in [0.3, 0.4) is 0 Å². The molecule has 0 aliphatic carbocycles. The van der Waals surface area contributed by atoms with Crippen LogP contribution in [0, 0.1) is 0 Å². The number of carbonyl (C=O) groups excluding carboxylic acids is 1. The van der Waals surface area contributed by atoms with E-state index < -0.39 is 5.92 Å². The number of nitrogens with zero attached hydrogens (tertiary/aromatic N) is 4. The number of pyridine rings is 1. The molecule has 4 heterocycles. The van der Waals surface area contributed by atoms with Gasteiger partial charge in [0.2, 0.25) is 5.91 Å². The monoisotopic (exact) mass is 525 g/mol. The van der Waals surface area contributed by atoms with Gasteiger partial charge < -0.3 is 20.1 Å². The molecule has 0 bridgehead atoms. The van der Waals surface area contributed by atoms with E-state index in [1.165, 1.54) is 6.07 Å². The van der Waals surface area contributed by atoms with Crippen LogP contribution >= 0.6 is 0 Å². The molecule has 3 aliphatic heterocycles. The number of ether oxygens (including phenoxy) is 1. The van der Waals surface area contributed by atoms with Crippen molar-refractivity contribution in [1.82, 2.24) is 20.1 Å². The molecular weight excluding hydrogens is 480 g/mol. The van der Waals surface area contributed by atoms with Crippen LogP contribution in [0.1, 0.15) is 58.7 Å². The van der Waals surface area contributed by atoms with Crippen LogP contribution in [0.15, 0.2) is 12.3 Å². The first kappa shape index (κ1) is 29.8. The van der Waals surface area contributed by atoms with Gasteiger partial charge in [-0.3, -0.25) is 19.6 Å². The van der Waals surface area contributed by atoms with E-state index in [0.717, 1.165) is 52.1 Å². The molecule has 4 rings (SSSR count). The van der Waals surface area contributed by atoms with Crippen molar-refractivity contribution in [3.05, 3.63) is 23.5 Å². The first-order chi connectivity index (χ1) is 17.5. The molecule has 37 heavy (non-hydrogen) atoms. The number of rotatable bonds is 7. The smallest absolute Gasteiger partial charge is 0.289 e. The number of aliphatic hydroxyl groups is 1. The van der Waals surface area contributed by atoms with E-state index in [1.54, 1.807) is 18.0 Å². The molecule has 0 spiro atoms. The van der Waals surface area contributed by atoms with Crippen molar-refractivity contribution in [3.63, 3.8) is 0 Å². The zero-order valence-corrected chi connectivity index (χ0v) is 23.3. The van der Waals surface area contributed by atoms with Gasteiger partial charge in [-0.15, -0.1) is 0 Å². The van der Waals surface area contributed by atoms with Crippen LogP contribution in [0.4, 0.5) is 14.5 Å². The molecule has 0 aromatic carbocycles. The van der Waals surface area contributed by atoms with Crippen molar-refractivity contribution in [2.24, 2.45) is 0 Å². The molecule has 3 atom stereocenters. The minimum absolute atomic E-state index is 0.0399. The Morgan fingerprint density at radius 2 is 2.03 bits per heavy atom. The lowest BCUT2D eigenvalue weighted by Crippen LogP contribution is -2.62. The minimum atomic E-state index is -3.00. The molecule has 1 aromatic heterocycles. The number of alkyl halides is 2. The van der Waals surface area contributed by atoms with Gasteiger partial charge in [-0.2, -0.15) is 8.78 Å². The predicted octanol–water partition coefficient (Wildman–Crippen LogP) is 2.59. The zero-order valence-electron chi connectivity index (χ0n) is 23.3. The molecule has 2 saturated heterocycles. The van der Waals surface area contributed by atoms with Crippen molar-refractivity contribution < 1.29 is 23.4 Å². The Labute approximate surface area is 220 Å². The highest BCUT2D eigenvalue weighted by Gasteiger charge is 2.42. The van der Waals surface area contributed by atoms with Crippen LogP contribution in [0.5, 0.6) is 0 Å². The van der Waals surface area contributed by atoms with E-state index in [9.17, 15) is 13.6 Å². The number of hydrogen-bond acceptors (Lipinski definition) is 7. The quantitative estimate of drug-likeness (QED) is 0.567. The van der Waals surface area contributed by atoms with Crippen molar-refractivity contribution in [1.29, 1.82) is 0 Å². The van der Waals surface area contributed by atoms with E-state index in [4.69, 9.17) is 9.84 Å². The summed E-state index contributed by atoms with van der Waals surface area (Å²) in [6, 6.07) is 2.28. The summed E-state index contributed by atoms with van der Waals surface area (Å²) in [7, 11) is 1.00. The summed E-state index contributed by atoms with van der Waals surface area (Å²) in [5.74, 6) is -3.04. The fourth-order valence-electron chi connectivity index (χ4n) is 5.59. The fraction of sp³-hybridized carbons (Fsp3) is 0.778. The van der Waals surface area contributed by atoms with Gasteiger partial charge in [0.25, 0.3) is 5.92 Å². The molecule has 8 nitrogen and oxygen atoms in total. The summed E-state index contributed by atoms with van der Waals surface area (Å²) < 4.78 is 34.9. The maximum atomic E-state index is 14.7. The summed E-state index contributed by atoms with van der Waals surface area (Å²) in [6.07, 6.45) is 1.66. The highest BCUT2D eigenvalue weighted by atomic mass is 19.3. The Bertz CT molecular complexity index is 916. The van der Waals surface area contributed by atoms with E-state index in [-0.39, 0.29) is 42.1 Å². The third-order valence-electron chi connectivity index (χ3n) is 7.71. The van der Waals surface area contributed by atoms with Crippen LogP contribution in [-0.4, -0.2) is 104 Å². The average molecular weight is 526 g/mol. The largest absolute Gasteiger partial charge is 0.400 e. The third-order valence-corrected chi connectivity index (χ3v) is 7.71. The Hall–Kier alpha value is -1.72. The van der Waals surface area contributed by atoms with Gasteiger partial charge >= 0.3 is 0 Å². The highest BCUT2D eigenvalue weighted by Crippen LogP contribution is 2.43. The number of carbonyl (C=O) groups is 1. The van der Waals surface area contributed by atoms with Crippen molar-refractivity contribution in [2.45, 2.75) is 76.9 Å². The highest BCUT2D eigenvalue weighted by molar-refractivity contribution is 5.97. The SMILES string of the molecule is CCCC(F)(F)c1cc2c(cn1)C(C)(C)CN2C(=O)CN1CC(C)NC[C@@H]1CN1CCOCC1C.CO. The third kappa shape index (κ3) is 6.84. The molecule has 2 fully saturated rings. The lowest BCUT2D eigenvalue weighted by molar-refractivity contribution is -0.121. The van der Waals surface area contributed by atoms with Gasteiger partial charge in [0.15, 0.2) is 0 Å². The Balaban J connectivity index is 0.00000186. The number of hydrogen-bond donors (Lipinski definition) is 2. The number of anilines is 1. The van der Waals surface area contributed by atoms with Gasteiger partial charge in [0.1, 0.15) is 5.69 Å². The summed E-state index contributed by atoms with van der Waals surface area (Å²) in [4.78, 5) is 24.2. The van der Waals surface area contributed by atoms with Crippen molar-refractivity contribution >= 4 is 11.6 Å². The lowest BCUT2D eigenvalue weighted by Gasteiger charge is -2.43. The van der Waals surface area contributed by atoms with E-state index in [2.05, 4.69) is 33.9 Å². The average Bonchev–Trinajstić information content (AvgIpc) is 3.13. The van der Waals surface area contributed by atoms with Crippen LogP contribution in [0.25, 0.3) is 0 Å². The number of nitrogens with one attached hydrogen (secondary N) is 1. The predicted molar refractivity (Wildman–Crippen MR) is 141 cm³/mol. The number of morpholine rings is 1. The fourth-order valence-corrected chi connectivity index (χ4v) is 5.59. The summed E-state index contributed by atoms with van der Waals surface area (Å²) in [5.41, 5.74) is 0.857. The van der Waals surface area contributed by atoms with Gasteiger partial charge in [-0.05, 0) is 19.9 Å². The number of aromatic nitrogens is 1. The standard InChI is InChI=1S/C26H41F2N5O2.CH4O/c1-6-7-26(27,28)23-10-22-21(12-30-23)25(4,5)17-33(22)24(34)15-32-13-18(2)29-11-20(32)14-31-8-9-35-16-19(31)3;1-2/h10,12,18-20,29H,6-9,11,13-17H2,1-5H3;2H,1H3/t18?,19?,20-;/m1./s1. The molecule has 210 valence electrons. The topological polar surface area (TPSA) is 81.2 Å². The van der Waals surface area contributed by atoms with Gasteiger partial charge in [0, 0.05) is 81.6 Å². The van der Waals surface area contributed by atoms with Crippen molar-refractivity contribution in [3.8, 4) is 0 Å². The number of fused-ring (bicyclic) bond motifs is 1. The van der Waals surface area contributed by atoms with Crippen LogP contribution in [0.2, 0.25) is 0 Å². The first-order valence-electron chi connectivity index (χ1n) is 13.4. The van der Waals surface area contributed by atoms with Crippen molar-refractivity contribution in [2.75, 3.05) is 64.5 Å². The van der Waals surface area contributed by atoms with Gasteiger partial charge in [-0.1, -0.05) is 27.2 Å². The number of amides is 1. The normalized spacial score (nSPS) is 26.4. The van der Waals surface area contributed by atoms with Crippen LogP contribution < -0.4 is 10.2 Å². The van der Waals surface area contributed by atoms with Gasteiger partial charge in [-0.25, -0.2) is 0 Å². The Kier molecular flexibility index (Phi) is 10.0. The summed E-state index contributed by atoms with van der Waals surface area (Å²) >= 11 is 0. The zero-order chi connectivity index (χ0) is 27.4. The molecule has 2 N–H and O–H groups in total. The molecule has 1 amide bonds. The maximum absolute atomic E-state index is 14.7. The van der Waals surface area contributed by atoms with E-state index in [1.807, 2.05) is 13.8 Å². The first-order valence-corrected chi connectivity index (χ1v) is 13.4. The second kappa shape index (κ2) is 12.4. The molecule has 1 aromatic rings. The minimum Gasteiger partial charge on any atom is -0.400 e. The van der Waals surface area contributed by atoms with Crippen LogP contribution in [-0.2, 0) is 20.9 Å². The second-order valence-electron chi connectivity index (χ2n) is 11.2.